The predicted octanol–water partition coefficient (Wildman–Crippen LogP) is 2.89. The number of aryl methyl sites for hydroxylation is 1. The summed E-state index contributed by atoms with van der Waals surface area (Å²) in [6.45, 7) is 4.74. The van der Waals surface area contributed by atoms with Gasteiger partial charge in [-0.2, -0.15) is 0 Å². The molecule has 1 N–H and O–H groups in total. The highest BCUT2D eigenvalue weighted by molar-refractivity contribution is 6.29. The number of rotatable bonds is 5. The Labute approximate surface area is 149 Å². The van der Waals surface area contributed by atoms with Crippen molar-refractivity contribution in [3.8, 4) is 0 Å². The van der Waals surface area contributed by atoms with Gasteiger partial charge in [0.25, 0.3) is 0 Å². The number of nitrogens with one attached hydrogen (secondary N) is 1. The zero-order valence-electron chi connectivity index (χ0n) is 14.2. The molecular weight excluding hydrogens is 348 g/mol. The van der Waals surface area contributed by atoms with Crippen LogP contribution in [0.3, 0.4) is 0 Å². The van der Waals surface area contributed by atoms with Crippen LogP contribution in [0, 0.1) is 13.8 Å². The molecular formula is C17H17ClN2O5. The fourth-order valence-corrected chi connectivity index (χ4v) is 2.59. The van der Waals surface area contributed by atoms with Crippen LogP contribution in [0.5, 0.6) is 0 Å². The van der Waals surface area contributed by atoms with E-state index < -0.39 is 23.8 Å². The van der Waals surface area contributed by atoms with Crippen molar-refractivity contribution in [3.63, 3.8) is 0 Å². The number of esters is 2. The van der Waals surface area contributed by atoms with Gasteiger partial charge in [-0.1, -0.05) is 11.6 Å². The molecule has 25 heavy (non-hydrogen) atoms. The highest BCUT2D eigenvalue weighted by atomic mass is 35.5. The van der Waals surface area contributed by atoms with Crippen LogP contribution in [0.1, 0.15) is 49.4 Å². The van der Waals surface area contributed by atoms with Gasteiger partial charge in [0.1, 0.15) is 5.15 Å². The summed E-state index contributed by atoms with van der Waals surface area (Å²) in [5, 5.41) is 0.145. The van der Waals surface area contributed by atoms with E-state index in [9.17, 15) is 14.4 Å². The zero-order valence-corrected chi connectivity index (χ0v) is 14.9. The van der Waals surface area contributed by atoms with Crippen molar-refractivity contribution in [1.29, 1.82) is 0 Å². The maximum absolute atomic E-state index is 12.6. The second kappa shape index (κ2) is 7.48. The Morgan fingerprint density at radius 1 is 1.24 bits per heavy atom. The van der Waals surface area contributed by atoms with E-state index in [4.69, 9.17) is 21.1 Å². The number of hydrogen-bond acceptors (Lipinski definition) is 6. The summed E-state index contributed by atoms with van der Waals surface area (Å²) in [4.78, 5) is 43.1. The summed E-state index contributed by atoms with van der Waals surface area (Å²) in [6.07, 6.45) is 0.314. The average molecular weight is 365 g/mol. The quantitative estimate of drug-likeness (QED) is 0.497. The number of carbonyl (C=O) groups is 3. The van der Waals surface area contributed by atoms with Crippen LogP contribution >= 0.6 is 11.6 Å². The lowest BCUT2D eigenvalue weighted by Gasteiger charge is -2.12. The number of H-pyrrole nitrogens is 1. The van der Waals surface area contributed by atoms with E-state index in [1.165, 1.54) is 32.4 Å². The molecule has 8 heteroatoms. The molecule has 0 bridgehead atoms. The molecule has 0 aliphatic heterocycles. The summed E-state index contributed by atoms with van der Waals surface area (Å²) in [7, 11) is 1.26. The molecule has 2 aromatic rings. The van der Waals surface area contributed by atoms with E-state index in [1.807, 2.05) is 0 Å². The number of aromatic nitrogens is 2. The molecule has 0 saturated carbocycles. The van der Waals surface area contributed by atoms with Gasteiger partial charge in [-0.15, -0.1) is 0 Å². The molecule has 2 rings (SSSR count). The van der Waals surface area contributed by atoms with Crippen molar-refractivity contribution in [2.45, 2.75) is 26.9 Å². The number of pyridine rings is 1. The molecule has 0 saturated heterocycles. The molecule has 2 heterocycles. The van der Waals surface area contributed by atoms with E-state index in [2.05, 4.69) is 9.97 Å². The van der Waals surface area contributed by atoms with Crippen molar-refractivity contribution in [2.24, 2.45) is 0 Å². The summed E-state index contributed by atoms with van der Waals surface area (Å²) in [5.74, 6) is -1.69. The molecule has 0 aromatic carbocycles. The lowest BCUT2D eigenvalue weighted by atomic mass is 10.1. The minimum Gasteiger partial charge on any atom is -0.465 e. The van der Waals surface area contributed by atoms with E-state index in [-0.39, 0.29) is 16.4 Å². The highest BCUT2D eigenvalue weighted by Gasteiger charge is 2.27. The summed E-state index contributed by atoms with van der Waals surface area (Å²) in [6, 6.07) is 2.78. The van der Waals surface area contributed by atoms with Crippen LogP contribution in [0.25, 0.3) is 0 Å². The first kappa shape index (κ1) is 18.7. The molecule has 0 amide bonds. The maximum atomic E-state index is 12.6. The monoisotopic (exact) mass is 364 g/mol. The first-order valence-corrected chi connectivity index (χ1v) is 7.78. The van der Waals surface area contributed by atoms with Gasteiger partial charge in [0.15, 0.2) is 6.10 Å². The predicted molar refractivity (Wildman–Crippen MR) is 90.1 cm³/mol. The number of aromatic amines is 1. The molecule has 1 atom stereocenters. The number of carbonyl (C=O) groups excluding carboxylic acids is 3. The number of hydrogen-bond donors (Lipinski definition) is 1. The molecule has 0 aliphatic rings. The summed E-state index contributed by atoms with van der Waals surface area (Å²) >= 11 is 5.73. The third kappa shape index (κ3) is 3.88. The van der Waals surface area contributed by atoms with Gasteiger partial charge in [0.2, 0.25) is 5.78 Å². The fourth-order valence-electron chi connectivity index (χ4n) is 2.42. The van der Waals surface area contributed by atoms with Gasteiger partial charge in [0.05, 0.1) is 23.9 Å². The second-order valence-corrected chi connectivity index (χ2v) is 5.78. The second-order valence-electron chi connectivity index (χ2n) is 5.40. The van der Waals surface area contributed by atoms with Gasteiger partial charge in [-0.25, -0.2) is 14.6 Å². The van der Waals surface area contributed by atoms with E-state index >= 15 is 0 Å². The molecule has 2 aromatic heterocycles. The molecule has 0 radical (unpaired) electrons. The minimum absolute atomic E-state index is 0.145. The van der Waals surface area contributed by atoms with Crippen molar-refractivity contribution in [2.75, 3.05) is 7.11 Å². The lowest BCUT2D eigenvalue weighted by Crippen LogP contribution is -2.25. The molecule has 7 nitrogen and oxygen atoms in total. The third-order valence-corrected chi connectivity index (χ3v) is 3.90. The number of Topliss-reactive ketones (excluding diaryl/α,β-unsaturated/α-hetero) is 1. The summed E-state index contributed by atoms with van der Waals surface area (Å²) in [5.41, 5.74) is 1.64. The Kier molecular flexibility index (Phi) is 5.58. The number of halogens is 1. The van der Waals surface area contributed by atoms with E-state index in [0.717, 1.165) is 0 Å². The van der Waals surface area contributed by atoms with E-state index in [1.54, 1.807) is 13.8 Å². The minimum atomic E-state index is -1.05. The Morgan fingerprint density at radius 2 is 1.92 bits per heavy atom. The van der Waals surface area contributed by atoms with Crippen molar-refractivity contribution < 1.29 is 23.9 Å². The smallest absolute Gasteiger partial charge is 0.339 e. The van der Waals surface area contributed by atoms with Crippen molar-refractivity contribution in [3.05, 3.63) is 51.6 Å². The van der Waals surface area contributed by atoms with Crippen LogP contribution in [-0.2, 0) is 9.47 Å². The Bertz CT molecular complexity index is 844. The van der Waals surface area contributed by atoms with Crippen LogP contribution < -0.4 is 0 Å². The standard InChI is InChI=1S/C17H17ClN2O5/c1-8-13(17(23)24-4)9(2)20-14(8)15(21)10(3)25-16(22)11-5-6-19-12(18)7-11/h5-7,10,20H,1-4H3. The van der Waals surface area contributed by atoms with Gasteiger partial charge >= 0.3 is 11.9 Å². The van der Waals surface area contributed by atoms with Crippen LogP contribution in [-0.4, -0.2) is 40.9 Å². The molecule has 0 fully saturated rings. The normalized spacial score (nSPS) is 11.7. The van der Waals surface area contributed by atoms with E-state index in [0.29, 0.717) is 16.8 Å². The van der Waals surface area contributed by atoms with Gasteiger partial charge < -0.3 is 14.5 Å². The highest BCUT2D eigenvalue weighted by Crippen LogP contribution is 2.21. The lowest BCUT2D eigenvalue weighted by molar-refractivity contribution is 0.0316. The summed E-state index contributed by atoms with van der Waals surface area (Å²) < 4.78 is 9.90. The number of nitrogens with zero attached hydrogens (tertiary/aromatic N) is 1. The SMILES string of the molecule is COC(=O)c1c(C)[nH]c(C(=O)C(C)OC(=O)c2ccnc(Cl)c2)c1C. The Balaban J connectivity index is 2.20. The zero-order chi connectivity index (χ0) is 18.7. The maximum Gasteiger partial charge on any atom is 0.339 e. The largest absolute Gasteiger partial charge is 0.465 e. The third-order valence-electron chi connectivity index (χ3n) is 3.69. The van der Waals surface area contributed by atoms with Gasteiger partial charge in [-0.3, -0.25) is 4.79 Å². The topological polar surface area (TPSA) is 98.4 Å². The number of ether oxygens (including phenoxy) is 2. The molecule has 0 spiro atoms. The van der Waals surface area contributed by atoms with Crippen molar-refractivity contribution >= 4 is 29.3 Å². The first-order chi connectivity index (χ1) is 11.8. The number of ketones is 1. The fraction of sp³-hybridized carbons (Fsp3) is 0.294. The molecule has 0 aliphatic carbocycles. The van der Waals surface area contributed by atoms with Crippen LogP contribution in [0.4, 0.5) is 0 Å². The van der Waals surface area contributed by atoms with Crippen LogP contribution in [0.15, 0.2) is 18.3 Å². The van der Waals surface area contributed by atoms with Gasteiger partial charge in [-0.05, 0) is 38.5 Å². The number of methoxy groups -OCH3 is 1. The molecule has 132 valence electrons. The Morgan fingerprint density at radius 3 is 2.52 bits per heavy atom. The van der Waals surface area contributed by atoms with Crippen LogP contribution in [0.2, 0.25) is 5.15 Å². The molecule has 1 unspecified atom stereocenters. The first-order valence-electron chi connectivity index (χ1n) is 7.40. The average Bonchev–Trinajstić information content (AvgIpc) is 2.87. The Hall–Kier alpha value is -2.67. The van der Waals surface area contributed by atoms with Crippen molar-refractivity contribution in [1.82, 2.24) is 9.97 Å². The van der Waals surface area contributed by atoms with Gasteiger partial charge in [0, 0.05) is 11.9 Å².